The molecule has 83 heavy (non-hydrogen) atoms. The molecule has 0 heterocycles. The summed E-state index contributed by atoms with van der Waals surface area (Å²) in [4.78, 5) is 38.5. The maximum atomic E-state index is 13.0. The minimum Gasteiger partial charge on any atom is -0.462 e. The second kappa shape index (κ2) is 70.6. The summed E-state index contributed by atoms with van der Waals surface area (Å²) in [7, 11) is 0. The van der Waals surface area contributed by atoms with Gasteiger partial charge in [-0.1, -0.05) is 323 Å². The van der Waals surface area contributed by atoms with Gasteiger partial charge in [0.25, 0.3) is 0 Å². The van der Waals surface area contributed by atoms with Gasteiger partial charge in [-0.3, -0.25) is 14.4 Å². The van der Waals surface area contributed by atoms with Crippen LogP contribution < -0.4 is 0 Å². The lowest BCUT2D eigenvalue weighted by atomic mass is 10.0. The molecule has 0 aliphatic carbocycles. The molecule has 0 bridgehead atoms. The highest BCUT2D eigenvalue weighted by Gasteiger charge is 2.19. The lowest BCUT2D eigenvalue weighted by molar-refractivity contribution is -0.167. The predicted octanol–water partition coefficient (Wildman–Crippen LogP) is 24.6. The van der Waals surface area contributed by atoms with Gasteiger partial charge in [0.05, 0.1) is 0 Å². The molecule has 476 valence electrons. The molecule has 0 aromatic rings. The van der Waals surface area contributed by atoms with E-state index in [1.54, 1.807) is 0 Å². The molecular weight excluding hydrogens is 1020 g/mol. The van der Waals surface area contributed by atoms with E-state index < -0.39 is 6.10 Å². The molecule has 6 heteroatoms. The van der Waals surface area contributed by atoms with E-state index in [2.05, 4.69) is 130 Å². The molecule has 6 nitrogen and oxygen atoms in total. The molecule has 0 aromatic carbocycles. The van der Waals surface area contributed by atoms with Crippen LogP contribution in [0, 0.1) is 0 Å². The zero-order valence-electron chi connectivity index (χ0n) is 54.7. The van der Waals surface area contributed by atoms with E-state index >= 15 is 0 Å². The molecule has 0 radical (unpaired) electrons. The van der Waals surface area contributed by atoms with Crippen LogP contribution in [-0.2, 0) is 28.6 Å². The van der Waals surface area contributed by atoms with Gasteiger partial charge in [-0.15, -0.1) is 0 Å². The zero-order valence-corrected chi connectivity index (χ0v) is 54.7. The second-order valence-corrected chi connectivity index (χ2v) is 23.4. The van der Waals surface area contributed by atoms with Crippen LogP contribution in [0.15, 0.2) is 109 Å². The molecule has 0 aromatic heterocycles. The lowest BCUT2D eigenvalue weighted by Crippen LogP contribution is -2.30. The summed E-state index contributed by atoms with van der Waals surface area (Å²) in [6.45, 7) is 6.54. The molecule has 1 atom stereocenters. The Morgan fingerprint density at radius 2 is 0.470 bits per heavy atom. The van der Waals surface area contributed by atoms with Gasteiger partial charge < -0.3 is 14.2 Å². The quantitative estimate of drug-likeness (QED) is 0.0261. The molecule has 0 N–H and O–H groups in total. The van der Waals surface area contributed by atoms with Gasteiger partial charge >= 0.3 is 17.9 Å². The van der Waals surface area contributed by atoms with Crippen molar-refractivity contribution < 1.29 is 28.6 Å². The van der Waals surface area contributed by atoms with E-state index in [1.807, 2.05) is 0 Å². The molecule has 0 spiro atoms. The van der Waals surface area contributed by atoms with Gasteiger partial charge in [0.1, 0.15) is 13.2 Å². The van der Waals surface area contributed by atoms with Crippen LogP contribution in [0.25, 0.3) is 0 Å². The number of hydrogen-bond donors (Lipinski definition) is 0. The van der Waals surface area contributed by atoms with Gasteiger partial charge in [-0.2, -0.15) is 0 Å². The first-order chi connectivity index (χ1) is 41.0. The van der Waals surface area contributed by atoms with Crippen molar-refractivity contribution in [2.75, 3.05) is 13.2 Å². The average molecular weight is 1150 g/mol. The van der Waals surface area contributed by atoms with Crippen LogP contribution >= 0.6 is 0 Å². The van der Waals surface area contributed by atoms with E-state index in [4.69, 9.17) is 14.2 Å². The normalized spacial score (nSPS) is 12.8. The number of carbonyl (C=O) groups is 3. The second-order valence-electron chi connectivity index (χ2n) is 23.4. The first-order valence-electron chi connectivity index (χ1n) is 35.4. The Hall–Kier alpha value is -3.93. The van der Waals surface area contributed by atoms with Gasteiger partial charge in [0, 0.05) is 19.3 Å². The summed E-state index contributed by atoms with van der Waals surface area (Å²) in [5.74, 6) is -0.882. The number of ether oxygens (including phenoxy) is 3. The topological polar surface area (TPSA) is 78.9 Å². The van der Waals surface area contributed by atoms with Gasteiger partial charge in [-0.25, -0.2) is 0 Å². The largest absolute Gasteiger partial charge is 0.462 e. The monoisotopic (exact) mass is 1150 g/mol. The fourth-order valence-electron chi connectivity index (χ4n) is 9.99. The van der Waals surface area contributed by atoms with Crippen LogP contribution in [0.1, 0.15) is 342 Å². The number of unbranched alkanes of at least 4 members (excludes halogenated alkanes) is 35. The molecule has 0 saturated heterocycles. The van der Waals surface area contributed by atoms with Crippen molar-refractivity contribution in [2.24, 2.45) is 0 Å². The third-order valence-corrected chi connectivity index (χ3v) is 15.3. The van der Waals surface area contributed by atoms with Crippen molar-refractivity contribution in [1.29, 1.82) is 0 Å². The van der Waals surface area contributed by atoms with Gasteiger partial charge in [-0.05, 0) is 109 Å². The first kappa shape index (κ1) is 79.1. The average Bonchev–Trinajstić information content (AvgIpc) is 3.49. The van der Waals surface area contributed by atoms with Crippen LogP contribution in [0.5, 0.6) is 0 Å². The molecule has 0 fully saturated rings. The fraction of sp³-hybridized carbons (Fsp3) is 0.727. The molecule has 0 aliphatic rings. The maximum Gasteiger partial charge on any atom is 0.306 e. The highest BCUT2D eigenvalue weighted by molar-refractivity contribution is 5.71. The summed E-state index contributed by atoms with van der Waals surface area (Å²) in [6.07, 6.45) is 96.7. The van der Waals surface area contributed by atoms with Gasteiger partial charge in [0.15, 0.2) is 6.10 Å². The molecular formula is C77H132O6. The fourth-order valence-corrected chi connectivity index (χ4v) is 9.99. The number of allylic oxidation sites excluding steroid dienone is 18. The summed E-state index contributed by atoms with van der Waals surface area (Å²) in [5.41, 5.74) is 0. The predicted molar refractivity (Wildman–Crippen MR) is 362 cm³/mol. The number of esters is 3. The third-order valence-electron chi connectivity index (χ3n) is 15.3. The van der Waals surface area contributed by atoms with E-state index in [9.17, 15) is 14.4 Å². The Morgan fingerprint density at radius 1 is 0.253 bits per heavy atom. The summed E-state index contributed by atoms with van der Waals surface area (Å²) in [5, 5.41) is 0. The molecule has 0 aliphatic heterocycles. The van der Waals surface area contributed by atoms with Crippen molar-refractivity contribution >= 4 is 17.9 Å². The summed E-state index contributed by atoms with van der Waals surface area (Å²) in [6, 6.07) is 0. The van der Waals surface area contributed by atoms with Crippen LogP contribution in [0.4, 0.5) is 0 Å². The van der Waals surface area contributed by atoms with Crippen LogP contribution in [0.2, 0.25) is 0 Å². The van der Waals surface area contributed by atoms with E-state index in [-0.39, 0.29) is 31.1 Å². The van der Waals surface area contributed by atoms with Crippen LogP contribution in [-0.4, -0.2) is 37.2 Å². The Labute approximate surface area is 514 Å². The van der Waals surface area contributed by atoms with Crippen molar-refractivity contribution in [3.63, 3.8) is 0 Å². The van der Waals surface area contributed by atoms with Crippen molar-refractivity contribution in [1.82, 2.24) is 0 Å². The number of carbonyl (C=O) groups excluding carboxylic acids is 3. The third kappa shape index (κ3) is 68.7. The highest BCUT2D eigenvalue weighted by Crippen LogP contribution is 2.17. The van der Waals surface area contributed by atoms with E-state index in [0.717, 1.165) is 122 Å². The van der Waals surface area contributed by atoms with E-state index in [0.29, 0.717) is 19.3 Å². The molecule has 1 unspecified atom stereocenters. The first-order valence-corrected chi connectivity index (χ1v) is 35.4. The number of hydrogen-bond acceptors (Lipinski definition) is 6. The van der Waals surface area contributed by atoms with Gasteiger partial charge in [0.2, 0.25) is 0 Å². The Balaban J connectivity index is 4.37. The molecule has 0 saturated carbocycles. The van der Waals surface area contributed by atoms with E-state index in [1.165, 1.54) is 180 Å². The molecule has 0 rings (SSSR count). The standard InChI is InChI=1S/C77H132O6/c1-4-7-10-13-16-19-22-25-28-30-32-34-36-37-38-39-41-42-44-46-49-52-55-58-61-64-67-70-76(79)82-73-74(72-81-75(78)69-66-63-60-57-54-51-48-27-24-21-18-15-12-9-6-3)83-77(80)71-68-65-62-59-56-53-50-47-45-43-40-35-33-31-29-26-23-20-17-14-11-8-5-2/h7,10,16,19,23,25-26,28,31-34,37-38,40-43,74H,4-6,8-9,11-15,17-18,20-22,24,27,29-30,35-36,39,44-73H2,1-3H3/b10-7-,19-16-,26-23-,28-25-,33-31-,34-32-,38-37-,42-41-,43-40-. The minimum atomic E-state index is -0.788. The highest BCUT2D eigenvalue weighted by atomic mass is 16.6. The van der Waals surface area contributed by atoms with Crippen molar-refractivity contribution in [3.05, 3.63) is 109 Å². The molecule has 0 amide bonds. The Kier molecular flexibility index (Phi) is 67.2. The zero-order chi connectivity index (χ0) is 59.9. The maximum absolute atomic E-state index is 13.0. The summed E-state index contributed by atoms with van der Waals surface area (Å²) < 4.78 is 17.0. The Bertz CT molecular complexity index is 1660. The summed E-state index contributed by atoms with van der Waals surface area (Å²) >= 11 is 0. The van der Waals surface area contributed by atoms with Crippen LogP contribution in [0.3, 0.4) is 0 Å². The van der Waals surface area contributed by atoms with Crippen molar-refractivity contribution in [2.45, 2.75) is 348 Å². The SMILES string of the molecule is CC/C=C\C/C=C\C/C=C\C/C=C\C/C=C\C/C=C\CCCCCCCCCCC(=O)OCC(COC(=O)CCCCCCCCCCCCCCCCC)OC(=O)CCCCCCCCCC/C=C\C/C=C\C/C=C\CCCCCCC. The smallest absolute Gasteiger partial charge is 0.306 e. The van der Waals surface area contributed by atoms with Crippen molar-refractivity contribution in [3.8, 4) is 0 Å². The lowest BCUT2D eigenvalue weighted by Gasteiger charge is -2.18. The number of rotatable bonds is 64. The minimum absolute atomic E-state index is 0.0813. The Morgan fingerprint density at radius 3 is 0.735 bits per heavy atom.